The molecule has 1 amide bonds. The van der Waals surface area contributed by atoms with Crippen molar-refractivity contribution in [1.29, 1.82) is 0 Å². The number of amides is 1. The molecule has 1 aromatic heterocycles. The first-order valence-corrected chi connectivity index (χ1v) is 6.07. The first kappa shape index (κ1) is 15.7. The summed E-state index contributed by atoms with van der Waals surface area (Å²) >= 11 is 11.5. The zero-order valence-electron chi connectivity index (χ0n) is 10.3. The number of pyridine rings is 1. The summed E-state index contributed by atoms with van der Waals surface area (Å²) < 4.78 is 0. The van der Waals surface area contributed by atoms with Crippen molar-refractivity contribution >= 4 is 40.9 Å². The minimum Gasteiger partial charge on any atom is -0.480 e. The van der Waals surface area contributed by atoms with Crippen molar-refractivity contribution in [3.8, 4) is 0 Å². The van der Waals surface area contributed by atoms with Gasteiger partial charge in [0.2, 0.25) is 5.91 Å². The van der Waals surface area contributed by atoms with Crippen LogP contribution in [-0.2, 0) is 9.59 Å². The van der Waals surface area contributed by atoms with Crippen molar-refractivity contribution in [3.05, 3.63) is 22.3 Å². The molecule has 0 aliphatic rings. The minimum atomic E-state index is -1.20. The Morgan fingerprint density at radius 3 is 2.58 bits per heavy atom. The lowest BCUT2D eigenvalue weighted by molar-refractivity contribution is -0.143. The Labute approximate surface area is 120 Å². The van der Waals surface area contributed by atoms with Crippen LogP contribution in [0.25, 0.3) is 0 Å². The first-order chi connectivity index (χ1) is 8.72. The molecule has 0 saturated heterocycles. The molecule has 3 N–H and O–H groups in total. The van der Waals surface area contributed by atoms with Gasteiger partial charge in [-0.25, -0.2) is 4.98 Å². The van der Waals surface area contributed by atoms with E-state index in [4.69, 9.17) is 28.3 Å². The van der Waals surface area contributed by atoms with Crippen LogP contribution in [0.15, 0.2) is 12.3 Å². The van der Waals surface area contributed by atoms with Crippen LogP contribution in [0, 0.1) is 0 Å². The number of hydrogen-bond acceptors (Lipinski definition) is 4. The van der Waals surface area contributed by atoms with E-state index in [1.165, 1.54) is 26.1 Å². The quantitative estimate of drug-likeness (QED) is 0.771. The highest BCUT2D eigenvalue weighted by Crippen LogP contribution is 2.22. The number of nitrogens with zero attached hydrogens (tertiary/aromatic N) is 1. The lowest BCUT2D eigenvalue weighted by Gasteiger charge is -2.20. The van der Waals surface area contributed by atoms with E-state index in [-0.39, 0.29) is 17.4 Å². The van der Waals surface area contributed by atoms with Gasteiger partial charge in [0.25, 0.3) is 0 Å². The Balaban J connectivity index is 2.59. The summed E-state index contributed by atoms with van der Waals surface area (Å²) in [5.41, 5.74) is -1.20. The largest absolute Gasteiger partial charge is 0.480 e. The molecule has 0 atom stereocenters. The molecule has 1 aromatic rings. The van der Waals surface area contributed by atoms with Crippen LogP contribution in [0.4, 0.5) is 5.82 Å². The molecule has 0 fully saturated rings. The van der Waals surface area contributed by atoms with Gasteiger partial charge in [0.15, 0.2) is 5.82 Å². The Morgan fingerprint density at radius 2 is 2.05 bits per heavy atom. The van der Waals surface area contributed by atoms with E-state index in [0.717, 1.165) is 0 Å². The number of carbonyl (C=O) groups excluding carboxylic acids is 1. The Morgan fingerprint density at radius 1 is 1.42 bits per heavy atom. The summed E-state index contributed by atoms with van der Waals surface area (Å²) in [6.45, 7) is 2.73. The summed E-state index contributed by atoms with van der Waals surface area (Å²) in [7, 11) is 0. The third-order valence-corrected chi connectivity index (χ3v) is 2.79. The summed E-state index contributed by atoms with van der Waals surface area (Å²) in [4.78, 5) is 26.3. The van der Waals surface area contributed by atoms with Gasteiger partial charge in [-0.05, 0) is 19.9 Å². The average Bonchev–Trinajstić information content (AvgIpc) is 2.30. The highest BCUT2D eigenvalue weighted by molar-refractivity contribution is 6.36. The van der Waals surface area contributed by atoms with E-state index in [2.05, 4.69) is 15.6 Å². The van der Waals surface area contributed by atoms with Crippen molar-refractivity contribution in [1.82, 2.24) is 10.3 Å². The van der Waals surface area contributed by atoms with Crippen LogP contribution < -0.4 is 10.6 Å². The fourth-order valence-electron chi connectivity index (χ4n) is 1.06. The number of carbonyl (C=O) groups is 2. The molecule has 0 unspecified atom stereocenters. The highest BCUT2D eigenvalue weighted by atomic mass is 35.5. The minimum absolute atomic E-state index is 0.172. The van der Waals surface area contributed by atoms with Gasteiger partial charge in [0.05, 0.1) is 16.6 Å². The molecule has 0 aliphatic heterocycles. The number of aromatic nitrogens is 1. The van der Waals surface area contributed by atoms with Crippen LogP contribution >= 0.6 is 23.2 Å². The zero-order chi connectivity index (χ0) is 14.6. The number of halogens is 2. The van der Waals surface area contributed by atoms with E-state index in [9.17, 15) is 9.59 Å². The second-order valence-electron chi connectivity index (χ2n) is 4.32. The van der Waals surface area contributed by atoms with Crippen molar-refractivity contribution in [3.63, 3.8) is 0 Å². The maximum atomic E-state index is 11.6. The van der Waals surface area contributed by atoms with Crippen LogP contribution in [-0.4, -0.2) is 34.1 Å². The summed E-state index contributed by atoms with van der Waals surface area (Å²) in [5, 5.41) is 14.5. The monoisotopic (exact) mass is 305 g/mol. The van der Waals surface area contributed by atoms with Crippen molar-refractivity contribution in [2.24, 2.45) is 0 Å². The van der Waals surface area contributed by atoms with Crippen LogP contribution in [0.1, 0.15) is 13.8 Å². The second-order valence-corrected chi connectivity index (χ2v) is 5.16. The molecule has 0 radical (unpaired) electrons. The van der Waals surface area contributed by atoms with Crippen molar-refractivity contribution in [2.45, 2.75) is 19.4 Å². The Bertz CT molecular complexity index is 506. The molecule has 0 spiro atoms. The van der Waals surface area contributed by atoms with E-state index in [0.29, 0.717) is 5.02 Å². The molecular weight excluding hydrogens is 293 g/mol. The average molecular weight is 306 g/mol. The molecule has 0 aromatic carbocycles. The summed E-state index contributed by atoms with van der Waals surface area (Å²) in [5.74, 6) is -1.33. The molecule has 19 heavy (non-hydrogen) atoms. The molecule has 0 bridgehead atoms. The SMILES string of the molecule is CC(C)(NCC(=O)Nc1ncc(Cl)cc1Cl)C(=O)O. The molecule has 6 nitrogen and oxygen atoms in total. The smallest absolute Gasteiger partial charge is 0.323 e. The van der Waals surface area contributed by atoms with Gasteiger partial charge in [-0.1, -0.05) is 23.2 Å². The highest BCUT2D eigenvalue weighted by Gasteiger charge is 2.26. The van der Waals surface area contributed by atoms with Gasteiger partial charge in [0, 0.05) is 6.20 Å². The molecule has 104 valence electrons. The number of rotatable bonds is 5. The van der Waals surface area contributed by atoms with Gasteiger partial charge in [0.1, 0.15) is 5.54 Å². The van der Waals surface area contributed by atoms with Gasteiger partial charge < -0.3 is 10.4 Å². The lowest BCUT2D eigenvalue weighted by atomic mass is 10.1. The molecular formula is C11H13Cl2N3O3. The molecule has 0 aliphatic carbocycles. The summed E-state index contributed by atoms with van der Waals surface area (Å²) in [6, 6.07) is 1.44. The van der Waals surface area contributed by atoms with Crippen LogP contribution in [0.5, 0.6) is 0 Å². The number of hydrogen-bond donors (Lipinski definition) is 3. The third kappa shape index (κ3) is 4.66. The normalized spacial score (nSPS) is 11.2. The zero-order valence-corrected chi connectivity index (χ0v) is 11.8. The molecule has 1 rings (SSSR count). The topological polar surface area (TPSA) is 91.3 Å². The van der Waals surface area contributed by atoms with Gasteiger partial charge in [-0.3, -0.25) is 14.9 Å². The lowest BCUT2D eigenvalue weighted by Crippen LogP contribution is -2.49. The van der Waals surface area contributed by atoms with E-state index in [1.54, 1.807) is 0 Å². The van der Waals surface area contributed by atoms with E-state index < -0.39 is 17.4 Å². The Kier molecular flexibility index (Phi) is 5.11. The predicted molar refractivity (Wildman–Crippen MR) is 72.6 cm³/mol. The van der Waals surface area contributed by atoms with Crippen molar-refractivity contribution < 1.29 is 14.7 Å². The van der Waals surface area contributed by atoms with Gasteiger partial charge in [-0.2, -0.15) is 0 Å². The number of nitrogens with one attached hydrogen (secondary N) is 2. The van der Waals surface area contributed by atoms with Gasteiger partial charge in [-0.15, -0.1) is 0 Å². The van der Waals surface area contributed by atoms with Gasteiger partial charge >= 0.3 is 5.97 Å². The second kappa shape index (κ2) is 6.18. The van der Waals surface area contributed by atoms with Crippen LogP contribution in [0.3, 0.4) is 0 Å². The standard InChI is InChI=1S/C11H13Cl2N3O3/c1-11(2,10(18)19)15-5-8(17)16-9-7(13)3-6(12)4-14-9/h3-4,15H,5H2,1-2H3,(H,18,19)(H,14,16,17). The van der Waals surface area contributed by atoms with E-state index >= 15 is 0 Å². The number of carboxylic acids is 1. The molecule has 8 heteroatoms. The summed E-state index contributed by atoms with van der Waals surface area (Å²) in [6.07, 6.45) is 1.34. The number of aliphatic carboxylic acids is 1. The third-order valence-electron chi connectivity index (χ3n) is 2.29. The molecule has 0 saturated carbocycles. The predicted octanol–water partition coefficient (Wildman–Crippen LogP) is 1.78. The Hall–Kier alpha value is -1.37. The molecule has 1 heterocycles. The maximum Gasteiger partial charge on any atom is 0.323 e. The fraction of sp³-hybridized carbons (Fsp3) is 0.364. The number of carboxylic acid groups (broad SMARTS) is 1. The number of anilines is 1. The maximum absolute atomic E-state index is 11.6. The van der Waals surface area contributed by atoms with Crippen molar-refractivity contribution in [2.75, 3.05) is 11.9 Å². The first-order valence-electron chi connectivity index (χ1n) is 5.31. The van der Waals surface area contributed by atoms with E-state index in [1.807, 2.05) is 0 Å². The fourth-order valence-corrected chi connectivity index (χ4v) is 1.49. The van der Waals surface area contributed by atoms with Crippen LogP contribution in [0.2, 0.25) is 10.0 Å².